The Morgan fingerprint density at radius 2 is 1.47 bits per heavy atom. The van der Waals surface area contributed by atoms with Crippen molar-refractivity contribution in [1.29, 1.82) is 0 Å². The van der Waals surface area contributed by atoms with Crippen molar-refractivity contribution in [2.75, 3.05) is 28.4 Å². The number of hydrogen-bond donors (Lipinski definition) is 0. The number of ether oxygens (including phenoxy) is 4. The van der Waals surface area contributed by atoms with Crippen molar-refractivity contribution in [3.63, 3.8) is 0 Å². The number of nitrogens with zero attached hydrogens (tertiary/aromatic N) is 4. The Morgan fingerprint density at radius 3 is 2.06 bits per heavy atom. The van der Waals surface area contributed by atoms with Crippen molar-refractivity contribution in [3.8, 4) is 34.3 Å². The van der Waals surface area contributed by atoms with Crippen LogP contribution in [-0.4, -0.2) is 48.0 Å². The Labute approximate surface area is 190 Å². The SMILES string of the molecule is COc1ccc(CSc2nc3nc(C)cc(-c4c(OC)cc(OC)cc4OC)n3n2)cc1. The smallest absolute Gasteiger partial charge is 0.253 e. The number of rotatable bonds is 8. The fourth-order valence-corrected chi connectivity index (χ4v) is 4.11. The molecule has 4 rings (SSSR count). The molecular formula is C23H24N4O4S. The van der Waals surface area contributed by atoms with Gasteiger partial charge in [-0.25, -0.2) is 4.98 Å². The van der Waals surface area contributed by atoms with E-state index in [-0.39, 0.29) is 0 Å². The summed E-state index contributed by atoms with van der Waals surface area (Å²) in [6.07, 6.45) is 0. The molecule has 2 aromatic carbocycles. The Morgan fingerprint density at radius 1 is 0.812 bits per heavy atom. The molecule has 0 bridgehead atoms. The lowest BCUT2D eigenvalue weighted by Gasteiger charge is -2.16. The molecule has 0 fully saturated rings. The summed E-state index contributed by atoms with van der Waals surface area (Å²) >= 11 is 1.54. The highest BCUT2D eigenvalue weighted by Gasteiger charge is 2.20. The molecular weight excluding hydrogens is 428 g/mol. The molecule has 2 heterocycles. The van der Waals surface area contributed by atoms with Crippen LogP contribution in [0.25, 0.3) is 17.0 Å². The van der Waals surface area contributed by atoms with Crippen molar-refractivity contribution in [2.45, 2.75) is 17.8 Å². The van der Waals surface area contributed by atoms with E-state index in [1.54, 1.807) is 44.7 Å². The van der Waals surface area contributed by atoms with Crippen LogP contribution in [-0.2, 0) is 5.75 Å². The highest BCUT2D eigenvalue weighted by molar-refractivity contribution is 7.98. The molecule has 0 N–H and O–H groups in total. The number of aromatic nitrogens is 4. The van der Waals surface area contributed by atoms with Gasteiger partial charge in [-0.1, -0.05) is 23.9 Å². The summed E-state index contributed by atoms with van der Waals surface area (Å²) in [5.74, 6) is 3.92. The highest BCUT2D eigenvalue weighted by atomic mass is 32.2. The van der Waals surface area contributed by atoms with Crippen LogP contribution >= 0.6 is 11.8 Å². The van der Waals surface area contributed by atoms with Crippen LogP contribution in [0.4, 0.5) is 0 Å². The molecule has 166 valence electrons. The standard InChI is InChI=1S/C23H24N4O4S/c1-14-10-18(21-19(30-4)11-17(29-3)12-20(21)31-5)27-22(24-14)25-23(26-27)32-13-15-6-8-16(28-2)9-7-15/h6-12H,13H2,1-5H3. The Balaban J connectivity index is 1.74. The predicted octanol–water partition coefficient (Wildman–Crippen LogP) is 4.43. The number of methoxy groups -OCH3 is 4. The van der Waals surface area contributed by atoms with Crippen LogP contribution in [0.1, 0.15) is 11.3 Å². The quantitative estimate of drug-likeness (QED) is 0.363. The zero-order valence-electron chi connectivity index (χ0n) is 18.6. The Kier molecular flexibility index (Phi) is 6.36. The van der Waals surface area contributed by atoms with Crippen LogP contribution < -0.4 is 18.9 Å². The minimum Gasteiger partial charge on any atom is -0.497 e. The van der Waals surface area contributed by atoms with E-state index in [4.69, 9.17) is 24.0 Å². The van der Waals surface area contributed by atoms with E-state index in [1.165, 1.54) is 0 Å². The van der Waals surface area contributed by atoms with Gasteiger partial charge in [0.1, 0.15) is 23.0 Å². The molecule has 32 heavy (non-hydrogen) atoms. The van der Waals surface area contributed by atoms with E-state index in [9.17, 15) is 0 Å². The maximum Gasteiger partial charge on any atom is 0.253 e. The molecule has 0 spiro atoms. The van der Waals surface area contributed by atoms with Crippen LogP contribution in [0.3, 0.4) is 0 Å². The molecule has 0 aliphatic heterocycles. The number of aryl methyl sites for hydroxylation is 1. The molecule has 4 aromatic rings. The first kappa shape index (κ1) is 21.8. The third-order valence-electron chi connectivity index (χ3n) is 4.92. The fourth-order valence-electron chi connectivity index (χ4n) is 3.34. The summed E-state index contributed by atoms with van der Waals surface area (Å²) < 4.78 is 23.6. The summed E-state index contributed by atoms with van der Waals surface area (Å²) in [6, 6.07) is 13.5. The first-order valence-electron chi connectivity index (χ1n) is 9.86. The third kappa shape index (κ3) is 4.29. The van der Waals surface area contributed by atoms with E-state index >= 15 is 0 Å². The van der Waals surface area contributed by atoms with Gasteiger partial charge in [0.25, 0.3) is 5.78 Å². The second kappa shape index (κ2) is 9.35. The molecule has 0 unspecified atom stereocenters. The first-order valence-corrected chi connectivity index (χ1v) is 10.9. The summed E-state index contributed by atoms with van der Waals surface area (Å²) in [4.78, 5) is 9.18. The van der Waals surface area contributed by atoms with Gasteiger partial charge < -0.3 is 18.9 Å². The molecule has 0 atom stereocenters. The number of fused-ring (bicyclic) bond motifs is 1. The molecule has 0 aliphatic carbocycles. The van der Waals surface area contributed by atoms with Gasteiger partial charge in [0.05, 0.1) is 39.7 Å². The van der Waals surface area contributed by atoms with Crippen LogP contribution in [0, 0.1) is 6.92 Å². The molecule has 9 heteroatoms. The van der Waals surface area contributed by atoms with Crippen molar-refractivity contribution in [1.82, 2.24) is 19.6 Å². The van der Waals surface area contributed by atoms with Gasteiger partial charge >= 0.3 is 0 Å². The average molecular weight is 453 g/mol. The second-order valence-electron chi connectivity index (χ2n) is 6.93. The lowest BCUT2D eigenvalue weighted by molar-refractivity contribution is 0.377. The Hall–Kier alpha value is -3.46. The van der Waals surface area contributed by atoms with Gasteiger partial charge in [0.2, 0.25) is 5.16 Å². The zero-order chi connectivity index (χ0) is 22.7. The van der Waals surface area contributed by atoms with Gasteiger partial charge in [0.15, 0.2) is 0 Å². The first-order chi connectivity index (χ1) is 15.6. The van der Waals surface area contributed by atoms with Crippen LogP contribution in [0.2, 0.25) is 0 Å². The molecule has 0 radical (unpaired) electrons. The summed E-state index contributed by atoms with van der Waals surface area (Å²) in [5, 5.41) is 5.34. The monoisotopic (exact) mass is 452 g/mol. The van der Waals surface area contributed by atoms with E-state index < -0.39 is 0 Å². The molecule has 0 amide bonds. The van der Waals surface area contributed by atoms with Gasteiger partial charge in [-0.3, -0.25) is 0 Å². The highest BCUT2D eigenvalue weighted by Crippen LogP contribution is 2.42. The number of hydrogen-bond acceptors (Lipinski definition) is 8. The number of thioether (sulfide) groups is 1. The topological polar surface area (TPSA) is 80.0 Å². The maximum absolute atomic E-state index is 5.65. The minimum atomic E-state index is 0.511. The zero-order valence-corrected chi connectivity index (χ0v) is 19.4. The summed E-state index contributed by atoms with van der Waals surface area (Å²) in [6.45, 7) is 1.92. The minimum absolute atomic E-state index is 0.511. The van der Waals surface area contributed by atoms with E-state index in [1.807, 2.05) is 49.4 Å². The number of benzene rings is 2. The van der Waals surface area contributed by atoms with Crippen molar-refractivity contribution >= 4 is 17.5 Å². The molecule has 8 nitrogen and oxygen atoms in total. The maximum atomic E-state index is 5.65. The molecule has 0 saturated carbocycles. The third-order valence-corrected chi connectivity index (χ3v) is 5.83. The van der Waals surface area contributed by atoms with E-state index in [0.717, 1.165) is 34.0 Å². The van der Waals surface area contributed by atoms with Gasteiger partial charge in [-0.05, 0) is 30.7 Å². The van der Waals surface area contributed by atoms with E-state index in [0.29, 0.717) is 28.2 Å². The predicted molar refractivity (Wildman–Crippen MR) is 123 cm³/mol. The van der Waals surface area contributed by atoms with Gasteiger partial charge in [-0.15, -0.1) is 5.10 Å². The van der Waals surface area contributed by atoms with Crippen molar-refractivity contribution in [3.05, 3.63) is 53.7 Å². The van der Waals surface area contributed by atoms with Crippen molar-refractivity contribution < 1.29 is 18.9 Å². The fraction of sp³-hybridized carbons (Fsp3) is 0.261. The molecule has 2 aromatic heterocycles. The molecule has 0 aliphatic rings. The van der Waals surface area contributed by atoms with E-state index in [2.05, 4.69) is 9.97 Å². The van der Waals surface area contributed by atoms with Crippen LogP contribution in [0.5, 0.6) is 23.0 Å². The normalized spacial score (nSPS) is 10.9. The van der Waals surface area contributed by atoms with Crippen LogP contribution in [0.15, 0.2) is 47.6 Å². The lowest BCUT2D eigenvalue weighted by Crippen LogP contribution is -2.02. The summed E-state index contributed by atoms with van der Waals surface area (Å²) in [5.41, 5.74) is 3.49. The van der Waals surface area contributed by atoms with Gasteiger partial charge in [0, 0.05) is 23.6 Å². The Bertz CT molecular complexity index is 1220. The summed E-state index contributed by atoms with van der Waals surface area (Å²) in [7, 11) is 6.48. The molecule has 0 saturated heterocycles. The van der Waals surface area contributed by atoms with Gasteiger partial charge in [-0.2, -0.15) is 9.50 Å². The van der Waals surface area contributed by atoms with Crippen molar-refractivity contribution in [2.24, 2.45) is 0 Å². The lowest BCUT2D eigenvalue weighted by atomic mass is 10.1. The largest absolute Gasteiger partial charge is 0.497 e. The average Bonchev–Trinajstić information content (AvgIpc) is 3.24. The second-order valence-corrected chi connectivity index (χ2v) is 7.88.